The van der Waals surface area contributed by atoms with Gasteiger partial charge in [0.2, 0.25) is 0 Å². The summed E-state index contributed by atoms with van der Waals surface area (Å²) >= 11 is 5.67. The fourth-order valence-corrected chi connectivity index (χ4v) is 2.20. The number of nitrogens with zero attached hydrogens (tertiary/aromatic N) is 4. The molecule has 0 unspecified atom stereocenters. The van der Waals surface area contributed by atoms with Gasteiger partial charge in [0.25, 0.3) is 0 Å². The quantitative estimate of drug-likeness (QED) is 0.761. The fraction of sp³-hybridized carbons (Fsp3) is 0.0667. The van der Waals surface area contributed by atoms with Crippen molar-refractivity contribution in [1.82, 2.24) is 19.5 Å². The number of aryl methyl sites for hydroxylation is 1. The fourth-order valence-electron chi connectivity index (χ4n) is 2.02. The highest BCUT2D eigenvalue weighted by atomic mass is 35.5. The standard InChI is InChI=1S/C15H12ClFN6O/c1-9-18-4-5-23(9)14-7-13(19-8-20-14)22-15(24)21-10-2-3-12(17)11(16)6-10/h2-8H,1H3,(H2,19,20,21,22,24). The Bertz CT molecular complexity index is 897. The lowest BCUT2D eigenvalue weighted by molar-refractivity contribution is 0.262. The minimum atomic E-state index is -0.557. The molecule has 0 saturated heterocycles. The van der Waals surface area contributed by atoms with E-state index in [1.165, 1.54) is 24.5 Å². The molecule has 2 amide bonds. The first-order valence-corrected chi connectivity index (χ1v) is 7.26. The van der Waals surface area contributed by atoms with Gasteiger partial charge < -0.3 is 5.32 Å². The Hall–Kier alpha value is -3.00. The molecule has 0 radical (unpaired) electrons. The zero-order chi connectivity index (χ0) is 17.1. The molecule has 1 aromatic carbocycles. The van der Waals surface area contributed by atoms with E-state index >= 15 is 0 Å². The molecule has 3 rings (SSSR count). The second-order valence-corrected chi connectivity index (χ2v) is 5.22. The molecule has 2 aromatic heterocycles. The molecule has 122 valence electrons. The van der Waals surface area contributed by atoms with Crippen LogP contribution in [0.15, 0.2) is 43.0 Å². The third kappa shape index (κ3) is 3.49. The summed E-state index contributed by atoms with van der Waals surface area (Å²) in [4.78, 5) is 24.2. The van der Waals surface area contributed by atoms with Gasteiger partial charge in [-0.25, -0.2) is 24.1 Å². The van der Waals surface area contributed by atoms with Gasteiger partial charge in [-0.3, -0.25) is 9.88 Å². The number of amides is 2. The predicted molar refractivity (Wildman–Crippen MR) is 87.9 cm³/mol. The molecule has 24 heavy (non-hydrogen) atoms. The number of hydrogen-bond acceptors (Lipinski definition) is 4. The maximum atomic E-state index is 13.1. The summed E-state index contributed by atoms with van der Waals surface area (Å²) < 4.78 is 14.9. The second-order valence-electron chi connectivity index (χ2n) is 4.81. The van der Waals surface area contributed by atoms with Gasteiger partial charge in [-0.2, -0.15) is 0 Å². The molecule has 3 aromatic rings. The van der Waals surface area contributed by atoms with Crippen molar-refractivity contribution in [2.24, 2.45) is 0 Å². The summed E-state index contributed by atoms with van der Waals surface area (Å²) in [7, 11) is 0. The first kappa shape index (κ1) is 15.9. The molecule has 0 aliphatic rings. The number of carbonyl (C=O) groups excluding carboxylic acids is 1. The summed E-state index contributed by atoms with van der Waals surface area (Å²) in [5, 5.41) is 5.04. The Kier molecular flexibility index (Phi) is 4.39. The summed E-state index contributed by atoms with van der Waals surface area (Å²) in [6.45, 7) is 1.83. The Morgan fingerprint density at radius 2 is 2.04 bits per heavy atom. The van der Waals surface area contributed by atoms with Crippen molar-refractivity contribution in [3.05, 3.63) is 59.7 Å². The van der Waals surface area contributed by atoms with Crippen LogP contribution in [0.2, 0.25) is 5.02 Å². The van der Waals surface area contributed by atoms with E-state index in [1.54, 1.807) is 23.0 Å². The van der Waals surface area contributed by atoms with Crippen LogP contribution in [0.5, 0.6) is 0 Å². The number of benzene rings is 1. The number of hydrogen-bond donors (Lipinski definition) is 2. The van der Waals surface area contributed by atoms with Crippen molar-refractivity contribution in [3.63, 3.8) is 0 Å². The maximum Gasteiger partial charge on any atom is 0.324 e. The van der Waals surface area contributed by atoms with Crippen molar-refractivity contribution in [1.29, 1.82) is 0 Å². The maximum absolute atomic E-state index is 13.1. The van der Waals surface area contributed by atoms with Gasteiger partial charge in [-0.15, -0.1) is 0 Å². The highest BCUT2D eigenvalue weighted by molar-refractivity contribution is 6.31. The van der Waals surface area contributed by atoms with E-state index in [2.05, 4.69) is 25.6 Å². The largest absolute Gasteiger partial charge is 0.324 e. The third-order valence-corrected chi connectivity index (χ3v) is 3.43. The van der Waals surface area contributed by atoms with Gasteiger partial charge in [0.05, 0.1) is 5.02 Å². The molecule has 0 aliphatic heterocycles. The number of rotatable bonds is 3. The van der Waals surface area contributed by atoms with Crippen LogP contribution < -0.4 is 10.6 Å². The molecule has 0 atom stereocenters. The van der Waals surface area contributed by atoms with Crippen LogP contribution in [0.1, 0.15) is 5.82 Å². The van der Waals surface area contributed by atoms with E-state index in [4.69, 9.17) is 11.6 Å². The first-order valence-electron chi connectivity index (χ1n) is 6.88. The number of nitrogens with one attached hydrogen (secondary N) is 2. The Morgan fingerprint density at radius 1 is 1.21 bits per heavy atom. The van der Waals surface area contributed by atoms with Gasteiger partial charge in [0.1, 0.15) is 29.6 Å². The van der Waals surface area contributed by atoms with Crippen molar-refractivity contribution >= 4 is 29.1 Å². The first-order chi connectivity index (χ1) is 11.5. The van der Waals surface area contributed by atoms with Crippen molar-refractivity contribution in [2.45, 2.75) is 6.92 Å². The number of anilines is 2. The lowest BCUT2D eigenvalue weighted by Gasteiger charge is -2.09. The van der Waals surface area contributed by atoms with Gasteiger partial charge >= 0.3 is 6.03 Å². The summed E-state index contributed by atoms with van der Waals surface area (Å²) in [6.07, 6.45) is 4.73. The monoisotopic (exact) mass is 346 g/mol. The minimum Gasteiger partial charge on any atom is -0.308 e. The number of aromatic nitrogens is 4. The highest BCUT2D eigenvalue weighted by Crippen LogP contribution is 2.19. The molecular weight excluding hydrogens is 335 g/mol. The van der Waals surface area contributed by atoms with Crippen LogP contribution in [0.3, 0.4) is 0 Å². The Balaban J connectivity index is 1.72. The molecule has 7 nitrogen and oxygen atoms in total. The van der Waals surface area contributed by atoms with Crippen LogP contribution >= 0.6 is 11.6 Å². The number of imidazole rings is 1. The van der Waals surface area contributed by atoms with E-state index < -0.39 is 11.8 Å². The van der Waals surface area contributed by atoms with E-state index in [1.807, 2.05) is 6.92 Å². The molecule has 0 fully saturated rings. The number of halogens is 2. The molecule has 0 spiro atoms. The van der Waals surface area contributed by atoms with E-state index in [-0.39, 0.29) is 5.02 Å². The zero-order valence-electron chi connectivity index (χ0n) is 12.5. The van der Waals surface area contributed by atoms with Gasteiger partial charge in [0.15, 0.2) is 0 Å². The van der Waals surface area contributed by atoms with Crippen LogP contribution in [0.25, 0.3) is 5.82 Å². The molecule has 0 saturated carbocycles. The second kappa shape index (κ2) is 6.63. The smallest absolute Gasteiger partial charge is 0.308 e. The van der Waals surface area contributed by atoms with Crippen molar-refractivity contribution in [2.75, 3.05) is 10.6 Å². The van der Waals surface area contributed by atoms with E-state index in [9.17, 15) is 9.18 Å². The van der Waals surface area contributed by atoms with Gasteiger partial charge in [-0.1, -0.05) is 11.6 Å². The number of carbonyl (C=O) groups is 1. The minimum absolute atomic E-state index is 0.0762. The Labute approximate surface area is 141 Å². The molecule has 2 N–H and O–H groups in total. The predicted octanol–water partition coefficient (Wildman–Crippen LogP) is 3.41. The van der Waals surface area contributed by atoms with Crippen molar-refractivity contribution < 1.29 is 9.18 Å². The lowest BCUT2D eigenvalue weighted by atomic mass is 10.3. The SMILES string of the molecule is Cc1nccn1-c1cc(NC(=O)Nc2ccc(F)c(Cl)c2)ncn1. The summed E-state index contributed by atoms with van der Waals surface area (Å²) in [5.74, 6) is 1.07. The average Bonchev–Trinajstić information content (AvgIpc) is 2.97. The van der Waals surface area contributed by atoms with E-state index in [0.717, 1.165) is 5.82 Å². The van der Waals surface area contributed by atoms with Crippen molar-refractivity contribution in [3.8, 4) is 5.82 Å². The van der Waals surface area contributed by atoms with Gasteiger partial charge in [-0.05, 0) is 25.1 Å². The molecule has 9 heteroatoms. The molecule has 0 bridgehead atoms. The van der Waals surface area contributed by atoms with Crippen LogP contribution in [-0.4, -0.2) is 25.6 Å². The van der Waals surface area contributed by atoms with Gasteiger partial charge in [0, 0.05) is 24.1 Å². The Morgan fingerprint density at radius 3 is 2.75 bits per heavy atom. The molecule has 2 heterocycles. The lowest BCUT2D eigenvalue weighted by Crippen LogP contribution is -2.20. The average molecular weight is 347 g/mol. The number of urea groups is 1. The molecule has 0 aliphatic carbocycles. The zero-order valence-corrected chi connectivity index (χ0v) is 13.3. The van der Waals surface area contributed by atoms with Crippen LogP contribution in [-0.2, 0) is 0 Å². The summed E-state index contributed by atoms with van der Waals surface area (Å²) in [5.41, 5.74) is 0.360. The van der Waals surface area contributed by atoms with Crippen LogP contribution in [0, 0.1) is 12.7 Å². The highest BCUT2D eigenvalue weighted by Gasteiger charge is 2.08. The summed E-state index contributed by atoms with van der Waals surface area (Å²) in [6, 6.07) is 4.95. The normalized spacial score (nSPS) is 10.5. The third-order valence-electron chi connectivity index (χ3n) is 3.14. The molecular formula is C15H12ClFN6O. The topological polar surface area (TPSA) is 84.7 Å². The van der Waals surface area contributed by atoms with E-state index in [0.29, 0.717) is 17.3 Å². The van der Waals surface area contributed by atoms with Crippen LogP contribution in [0.4, 0.5) is 20.7 Å².